The van der Waals surface area contributed by atoms with E-state index in [0.717, 1.165) is 28.6 Å². The molecule has 0 spiro atoms. The fourth-order valence-electron chi connectivity index (χ4n) is 3.31. The summed E-state index contributed by atoms with van der Waals surface area (Å²) < 4.78 is 1.66. The van der Waals surface area contributed by atoms with E-state index < -0.39 is 0 Å². The van der Waals surface area contributed by atoms with Crippen molar-refractivity contribution in [2.75, 3.05) is 0 Å². The van der Waals surface area contributed by atoms with Crippen molar-refractivity contribution in [3.63, 3.8) is 0 Å². The Morgan fingerprint density at radius 1 is 0.931 bits per heavy atom. The summed E-state index contributed by atoms with van der Waals surface area (Å²) in [4.78, 5) is 19.2. The molecule has 0 saturated carbocycles. The van der Waals surface area contributed by atoms with Crippen LogP contribution in [0.15, 0.2) is 73.1 Å². The summed E-state index contributed by atoms with van der Waals surface area (Å²) in [5.74, 6) is -0.0101. The van der Waals surface area contributed by atoms with E-state index in [2.05, 4.69) is 46.5 Å². The van der Waals surface area contributed by atoms with Gasteiger partial charge in [-0.2, -0.15) is 0 Å². The maximum absolute atomic E-state index is 13.2. The number of pyridine rings is 1. The highest BCUT2D eigenvalue weighted by Gasteiger charge is 2.17. The maximum atomic E-state index is 13.2. The minimum Gasteiger partial charge on any atom is -0.332 e. The average molecular weight is 385 g/mol. The van der Waals surface area contributed by atoms with Crippen LogP contribution < -0.4 is 0 Å². The number of carbonyl (C=O) groups excluding carboxylic acids is 1. The van der Waals surface area contributed by atoms with Crippen LogP contribution in [0.25, 0.3) is 11.0 Å². The van der Waals surface area contributed by atoms with Crippen LogP contribution in [-0.2, 0) is 30.8 Å². The molecule has 6 heteroatoms. The first-order chi connectivity index (χ1) is 14.2. The van der Waals surface area contributed by atoms with Crippen molar-refractivity contribution >= 4 is 16.9 Å². The molecule has 0 bridgehead atoms. The maximum Gasteiger partial charge on any atom is 0.244 e. The van der Waals surface area contributed by atoms with Crippen molar-refractivity contribution in [2.45, 2.75) is 33.0 Å². The van der Waals surface area contributed by atoms with Gasteiger partial charge in [-0.1, -0.05) is 54.6 Å². The average Bonchev–Trinajstić information content (AvgIpc) is 3.17. The number of benzene rings is 2. The smallest absolute Gasteiger partial charge is 0.244 e. The zero-order chi connectivity index (χ0) is 20.1. The number of hydrogen-bond donors (Lipinski definition) is 0. The number of nitrogens with zero attached hydrogens (tertiary/aromatic N) is 5. The van der Waals surface area contributed by atoms with Gasteiger partial charge in [-0.15, -0.1) is 5.10 Å². The van der Waals surface area contributed by atoms with Gasteiger partial charge in [0.25, 0.3) is 0 Å². The van der Waals surface area contributed by atoms with E-state index in [1.165, 1.54) is 5.56 Å². The lowest BCUT2D eigenvalue weighted by molar-refractivity contribution is -0.133. The highest BCUT2D eigenvalue weighted by atomic mass is 16.2. The minimum absolute atomic E-state index is 0.0101. The summed E-state index contributed by atoms with van der Waals surface area (Å²) in [6.45, 7) is 3.31. The number of para-hydroxylation sites is 1. The van der Waals surface area contributed by atoms with E-state index in [9.17, 15) is 4.79 Å². The van der Waals surface area contributed by atoms with Crippen molar-refractivity contribution in [1.29, 1.82) is 0 Å². The van der Waals surface area contributed by atoms with Gasteiger partial charge in [-0.25, -0.2) is 4.68 Å². The van der Waals surface area contributed by atoms with Gasteiger partial charge in [-0.05, 0) is 41.3 Å². The Kier molecular flexibility index (Phi) is 5.61. The normalized spacial score (nSPS) is 10.9. The molecule has 4 aromatic rings. The van der Waals surface area contributed by atoms with Crippen LogP contribution in [0.2, 0.25) is 0 Å². The van der Waals surface area contributed by atoms with Crippen molar-refractivity contribution < 1.29 is 4.79 Å². The van der Waals surface area contributed by atoms with Crippen molar-refractivity contribution in [2.24, 2.45) is 0 Å². The number of amides is 1. The third-order valence-corrected chi connectivity index (χ3v) is 4.96. The van der Waals surface area contributed by atoms with Crippen LogP contribution in [0.1, 0.15) is 23.6 Å². The molecule has 0 unspecified atom stereocenters. The second-order valence-corrected chi connectivity index (χ2v) is 7.02. The van der Waals surface area contributed by atoms with Crippen LogP contribution in [0.3, 0.4) is 0 Å². The zero-order valence-corrected chi connectivity index (χ0v) is 16.4. The number of rotatable bonds is 7. The van der Waals surface area contributed by atoms with E-state index in [4.69, 9.17) is 0 Å². The molecule has 0 atom stereocenters. The topological polar surface area (TPSA) is 63.9 Å². The summed E-state index contributed by atoms with van der Waals surface area (Å²) in [5, 5.41) is 8.31. The molecular weight excluding hydrogens is 362 g/mol. The van der Waals surface area contributed by atoms with E-state index in [-0.39, 0.29) is 12.5 Å². The van der Waals surface area contributed by atoms with Gasteiger partial charge in [-0.3, -0.25) is 9.78 Å². The first-order valence-electron chi connectivity index (χ1n) is 9.75. The fraction of sp³-hybridized carbons (Fsp3) is 0.217. The standard InChI is InChI=1S/C23H23N5O/c1-2-18-9-11-19(12-10-18)15-27(16-20-6-5-13-24-14-20)23(29)17-28-22-8-4-3-7-21(22)25-26-28/h3-14H,2,15-17H2,1H3. The summed E-state index contributed by atoms with van der Waals surface area (Å²) in [6.07, 6.45) is 4.53. The van der Waals surface area contributed by atoms with Crippen molar-refractivity contribution in [3.05, 3.63) is 89.7 Å². The molecule has 4 rings (SSSR count). The van der Waals surface area contributed by atoms with Crippen molar-refractivity contribution in [1.82, 2.24) is 24.9 Å². The Bertz CT molecular complexity index is 1090. The van der Waals surface area contributed by atoms with Crippen LogP contribution in [0.4, 0.5) is 0 Å². The first kappa shape index (κ1) is 18.8. The van der Waals surface area contributed by atoms with Gasteiger partial charge in [0.1, 0.15) is 12.1 Å². The summed E-state index contributed by atoms with van der Waals surface area (Å²) in [5.41, 5.74) is 5.02. The lowest BCUT2D eigenvalue weighted by atomic mass is 10.1. The summed E-state index contributed by atoms with van der Waals surface area (Å²) in [7, 11) is 0. The Balaban J connectivity index is 1.56. The molecule has 0 aliphatic rings. The highest BCUT2D eigenvalue weighted by molar-refractivity contribution is 5.79. The second-order valence-electron chi connectivity index (χ2n) is 7.02. The molecule has 0 fully saturated rings. The van der Waals surface area contributed by atoms with E-state index in [0.29, 0.717) is 13.1 Å². The Morgan fingerprint density at radius 2 is 1.69 bits per heavy atom. The molecule has 29 heavy (non-hydrogen) atoms. The van der Waals surface area contributed by atoms with Gasteiger partial charge >= 0.3 is 0 Å². The van der Waals surface area contributed by atoms with E-state index >= 15 is 0 Å². The van der Waals surface area contributed by atoms with Gasteiger partial charge in [0.05, 0.1) is 5.52 Å². The van der Waals surface area contributed by atoms with Gasteiger partial charge in [0.15, 0.2) is 0 Å². The number of aryl methyl sites for hydroxylation is 1. The lowest BCUT2D eigenvalue weighted by Gasteiger charge is -2.23. The minimum atomic E-state index is -0.0101. The SMILES string of the molecule is CCc1ccc(CN(Cc2cccnc2)C(=O)Cn2nnc3ccccc32)cc1. The number of aromatic nitrogens is 4. The number of carbonyl (C=O) groups is 1. The van der Waals surface area contributed by atoms with Crippen LogP contribution in [-0.4, -0.2) is 30.8 Å². The summed E-state index contributed by atoms with van der Waals surface area (Å²) in [6, 6.07) is 20.0. The molecule has 146 valence electrons. The van der Waals surface area contributed by atoms with Gasteiger partial charge in [0.2, 0.25) is 5.91 Å². The molecule has 0 N–H and O–H groups in total. The number of hydrogen-bond acceptors (Lipinski definition) is 4. The van der Waals surface area contributed by atoms with E-state index in [1.807, 2.05) is 41.3 Å². The zero-order valence-electron chi connectivity index (χ0n) is 16.4. The van der Waals surface area contributed by atoms with Crippen LogP contribution in [0, 0.1) is 0 Å². The number of fused-ring (bicyclic) bond motifs is 1. The highest BCUT2D eigenvalue weighted by Crippen LogP contribution is 2.14. The Morgan fingerprint density at radius 3 is 2.45 bits per heavy atom. The predicted molar refractivity (Wildman–Crippen MR) is 112 cm³/mol. The molecule has 6 nitrogen and oxygen atoms in total. The summed E-state index contributed by atoms with van der Waals surface area (Å²) >= 11 is 0. The molecule has 2 aromatic carbocycles. The van der Waals surface area contributed by atoms with Gasteiger partial charge in [0, 0.05) is 25.5 Å². The Hall–Kier alpha value is -3.54. The third-order valence-electron chi connectivity index (χ3n) is 4.96. The van der Waals surface area contributed by atoms with E-state index in [1.54, 1.807) is 17.1 Å². The molecule has 0 aliphatic carbocycles. The largest absolute Gasteiger partial charge is 0.332 e. The molecule has 0 radical (unpaired) electrons. The van der Waals surface area contributed by atoms with Crippen LogP contribution in [0.5, 0.6) is 0 Å². The van der Waals surface area contributed by atoms with Crippen LogP contribution >= 0.6 is 0 Å². The molecule has 2 heterocycles. The quantitative estimate of drug-likeness (QED) is 0.487. The van der Waals surface area contributed by atoms with Gasteiger partial charge < -0.3 is 4.90 Å². The lowest BCUT2D eigenvalue weighted by Crippen LogP contribution is -2.33. The molecule has 0 aliphatic heterocycles. The monoisotopic (exact) mass is 385 g/mol. The second kappa shape index (κ2) is 8.65. The Labute approximate surface area is 169 Å². The van der Waals surface area contributed by atoms with Crippen molar-refractivity contribution in [3.8, 4) is 0 Å². The third kappa shape index (κ3) is 4.48. The fourth-order valence-corrected chi connectivity index (χ4v) is 3.31. The first-order valence-corrected chi connectivity index (χ1v) is 9.75. The molecule has 0 saturated heterocycles. The molecule has 2 aromatic heterocycles. The molecule has 1 amide bonds. The molecular formula is C23H23N5O. The predicted octanol–water partition coefficient (Wildman–Crippen LogP) is 3.62.